The van der Waals surface area contributed by atoms with Gasteiger partial charge in [-0.05, 0) is 50.1 Å². The van der Waals surface area contributed by atoms with E-state index in [1.54, 1.807) is 0 Å². The molecule has 1 heterocycles. The van der Waals surface area contributed by atoms with Gasteiger partial charge in [-0.15, -0.1) is 0 Å². The minimum Gasteiger partial charge on any atom is -0.424 e. The Morgan fingerprint density at radius 2 is 1.67 bits per heavy atom. The van der Waals surface area contributed by atoms with Crippen LogP contribution in [0, 0.1) is 20.8 Å². The van der Waals surface area contributed by atoms with Crippen molar-refractivity contribution in [3.05, 3.63) is 46.8 Å². The number of hydrogen-bond acceptors (Lipinski definition) is 4. The Labute approximate surface area is 107 Å². The van der Waals surface area contributed by atoms with Crippen LogP contribution in [0.25, 0.3) is 0 Å². The molecule has 4 heteroatoms. The fraction of sp³-hybridized carbons (Fsp3) is 0.286. The van der Waals surface area contributed by atoms with Crippen molar-refractivity contribution in [2.45, 2.75) is 27.3 Å². The molecule has 4 nitrogen and oxygen atoms in total. The van der Waals surface area contributed by atoms with Gasteiger partial charge >= 0.3 is 6.01 Å². The van der Waals surface area contributed by atoms with Crippen molar-refractivity contribution < 1.29 is 4.74 Å². The van der Waals surface area contributed by atoms with Crippen LogP contribution >= 0.6 is 0 Å². The first-order valence-corrected chi connectivity index (χ1v) is 5.87. The highest BCUT2D eigenvalue weighted by atomic mass is 16.5. The fourth-order valence-corrected chi connectivity index (χ4v) is 1.85. The van der Waals surface area contributed by atoms with E-state index in [2.05, 4.69) is 16.0 Å². The quantitative estimate of drug-likeness (QED) is 0.900. The van der Waals surface area contributed by atoms with Crippen LogP contribution in [0.3, 0.4) is 0 Å². The van der Waals surface area contributed by atoms with E-state index in [-0.39, 0.29) is 0 Å². The lowest BCUT2D eigenvalue weighted by atomic mass is 10.1. The predicted molar refractivity (Wildman–Crippen MR) is 70.7 cm³/mol. The van der Waals surface area contributed by atoms with Gasteiger partial charge in [0.05, 0.1) is 5.69 Å². The first-order valence-electron chi connectivity index (χ1n) is 5.87. The Kier molecular flexibility index (Phi) is 3.58. The standard InChI is InChI=1S/C14H17N3O/c1-9-4-10(2)6-13(5-9)18-14-16-11(3)7-12(8-15)17-14/h4-7H,8,15H2,1-3H3. The van der Waals surface area contributed by atoms with E-state index in [0.717, 1.165) is 28.3 Å². The van der Waals surface area contributed by atoms with Gasteiger partial charge in [-0.25, -0.2) is 4.98 Å². The molecule has 0 saturated heterocycles. The normalized spacial score (nSPS) is 10.4. The summed E-state index contributed by atoms with van der Waals surface area (Å²) in [5.74, 6) is 0.751. The molecule has 0 bridgehead atoms. The molecule has 2 aromatic rings. The Morgan fingerprint density at radius 3 is 2.28 bits per heavy atom. The lowest BCUT2D eigenvalue weighted by Gasteiger charge is -2.08. The van der Waals surface area contributed by atoms with Crippen LogP contribution in [0.15, 0.2) is 24.3 Å². The fourth-order valence-electron chi connectivity index (χ4n) is 1.85. The lowest BCUT2D eigenvalue weighted by molar-refractivity contribution is 0.437. The third-order valence-corrected chi connectivity index (χ3v) is 2.50. The third-order valence-electron chi connectivity index (χ3n) is 2.50. The Hall–Kier alpha value is -1.94. The molecular weight excluding hydrogens is 226 g/mol. The molecule has 0 aliphatic heterocycles. The first-order chi connectivity index (χ1) is 8.56. The van der Waals surface area contributed by atoms with Crippen molar-refractivity contribution in [1.29, 1.82) is 0 Å². The van der Waals surface area contributed by atoms with Crippen LogP contribution in [0.2, 0.25) is 0 Å². The summed E-state index contributed by atoms with van der Waals surface area (Å²) in [4.78, 5) is 8.50. The van der Waals surface area contributed by atoms with E-state index in [4.69, 9.17) is 10.5 Å². The van der Waals surface area contributed by atoms with Crippen LogP contribution in [-0.2, 0) is 6.54 Å². The second-order valence-corrected chi connectivity index (χ2v) is 4.41. The molecule has 0 spiro atoms. The summed E-state index contributed by atoms with van der Waals surface area (Å²) >= 11 is 0. The van der Waals surface area contributed by atoms with Gasteiger partial charge < -0.3 is 10.5 Å². The summed E-state index contributed by atoms with van der Waals surface area (Å²) in [6.45, 7) is 6.34. The highest BCUT2D eigenvalue weighted by Gasteiger charge is 2.05. The highest BCUT2D eigenvalue weighted by Crippen LogP contribution is 2.21. The van der Waals surface area contributed by atoms with Gasteiger partial charge in [-0.2, -0.15) is 4.98 Å². The zero-order chi connectivity index (χ0) is 13.1. The van der Waals surface area contributed by atoms with Crippen molar-refractivity contribution in [2.24, 2.45) is 5.73 Å². The van der Waals surface area contributed by atoms with Crippen LogP contribution in [0.4, 0.5) is 0 Å². The van der Waals surface area contributed by atoms with Crippen molar-refractivity contribution in [1.82, 2.24) is 9.97 Å². The molecule has 18 heavy (non-hydrogen) atoms. The van der Waals surface area contributed by atoms with Crippen LogP contribution in [0.1, 0.15) is 22.5 Å². The second-order valence-electron chi connectivity index (χ2n) is 4.41. The van der Waals surface area contributed by atoms with E-state index >= 15 is 0 Å². The molecule has 0 fully saturated rings. The number of aryl methyl sites for hydroxylation is 3. The molecule has 94 valence electrons. The number of nitrogens with zero attached hydrogens (tertiary/aromatic N) is 2. The maximum atomic E-state index is 5.69. The Balaban J connectivity index is 2.30. The number of aromatic nitrogens is 2. The summed E-state index contributed by atoms with van der Waals surface area (Å²) in [5, 5.41) is 0. The maximum Gasteiger partial charge on any atom is 0.322 e. The zero-order valence-corrected chi connectivity index (χ0v) is 10.9. The summed E-state index contributed by atoms with van der Waals surface area (Å²) in [7, 11) is 0. The monoisotopic (exact) mass is 243 g/mol. The molecule has 1 aromatic heterocycles. The van der Waals surface area contributed by atoms with Gasteiger partial charge in [0.25, 0.3) is 0 Å². The number of benzene rings is 1. The van der Waals surface area contributed by atoms with Gasteiger partial charge in [0.15, 0.2) is 0 Å². The zero-order valence-electron chi connectivity index (χ0n) is 10.9. The largest absolute Gasteiger partial charge is 0.424 e. The van der Waals surface area contributed by atoms with Gasteiger partial charge in [0.2, 0.25) is 0 Å². The highest BCUT2D eigenvalue weighted by molar-refractivity contribution is 5.34. The number of rotatable bonds is 3. The molecule has 0 amide bonds. The van der Waals surface area contributed by atoms with Crippen molar-refractivity contribution in [3.63, 3.8) is 0 Å². The molecule has 2 N–H and O–H groups in total. The molecule has 2 rings (SSSR count). The molecule has 1 aromatic carbocycles. The van der Waals surface area contributed by atoms with Gasteiger partial charge in [0, 0.05) is 12.2 Å². The van der Waals surface area contributed by atoms with E-state index in [1.807, 2.05) is 39.0 Å². The molecule has 0 radical (unpaired) electrons. The van der Waals surface area contributed by atoms with Crippen LogP contribution in [0.5, 0.6) is 11.8 Å². The van der Waals surface area contributed by atoms with E-state index < -0.39 is 0 Å². The lowest BCUT2D eigenvalue weighted by Crippen LogP contribution is -2.03. The summed E-state index contributed by atoms with van der Waals surface area (Å²) in [5.41, 5.74) is 9.51. The molecular formula is C14H17N3O. The minimum atomic E-state index is 0.348. The van der Waals surface area contributed by atoms with E-state index in [1.165, 1.54) is 0 Å². The average Bonchev–Trinajstić information content (AvgIpc) is 2.26. The maximum absolute atomic E-state index is 5.69. The molecule has 0 unspecified atom stereocenters. The number of hydrogen-bond donors (Lipinski definition) is 1. The predicted octanol–water partition coefficient (Wildman–Crippen LogP) is 2.65. The van der Waals surface area contributed by atoms with Gasteiger partial charge in [0.1, 0.15) is 5.75 Å². The van der Waals surface area contributed by atoms with Crippen molar-refractivity contribution in [3.8, 4) is 11.8 Å². The van der Waals surface area contributed by atoms with Gasteiger partial charge in [-0.1, -0.05) is 6.07 Å². The summed E-state index contributed by atoms with van der Waals surface area (Å²) in [6, 6.07) is 8.21. The molecule has 0 atom stereocenters. The van der Waals surface area contributed by atoms with E-state index in [0.29, 0.717) is 12.6 Å². The third kappa shape index (κ3) is 3.05. The van der Waals surface area contributed by atoms with Crippen molar-refractivity contribution in [2.75, 3.05) is 0 Å². The average molecular weight is 243 g/mol. The summed E-state index contributed by atoms with van der Waals surface area (Å²) < 4.78 is 5.69. The molecule has 0 aliphatic carbocycles. The Bertz CT molecular complexity index is 547. The Morgan fingerprint density at radius 1 is 1.00 bits per heavy atom. The number of nitrogens with two attached hydrogens (primary N) is 1. The summed E-state index contributed by atoms with van der Waals surface area (Å²) in [6.07, 6.45) is 0. The van der Waals surface area contributed by atoms with Gasteiger partial charge in [-0.3, -0.25) is 0 Å². The second kappa shape index (κ2) is 5.14. The van der Waals surface area contributed by atoms with Crippen LogP contribution < -0.4 is 10.5 Å². The first kappa shape index (κ1) is 12.5. The van der Waals surface area contributed by atoms with Crippen LogP contribution in [-0.4, -0.2) is 9.97 Å². The topological polar surface area (TPSA) is 61.0 Å². The smallest absolute Gasteiger partial charge is 0.322 e. The molecule has 0 aliphatic rings. The molecule has 0 saturated carbocycles. The van der Waals surface area contributed by atoms with E-state index in [9.17, 15) is 0 Å². The number of ether oxygens (including phenoxy) is 1. The van der Waals surface area contributed by atoms with Crippen molar-refractivity contribution >= 4 is 0 Å². The minimum absolute atomic E-state index is 0.348. The SMILES string of the molecule is Cc1cc(C)cc(Oc2nc(C)cc(CN)n2)c1.